The SMILES string of the molecule is Cc1ccc(N2C(=O)NC(=O)/C(=C\c3ccc(OCc4ccc(Cl)cc4Cl)c(Br)c3)C2=O)c(C)c1. The van der Waals surface area contributed by atoms with Crippen LogP contribution in [-0.4, -0.2) is 17.8 Å². The van der Waals surface area contributed by atoms with E-state index < -0.39 is 17.8 Å². The van der Waals surface area contributed by atoms with Gasteiger partial charge in [-0.25, -0.2) is 9.69 Å². The first-order valence-corrected chi connectivity index (χ1v) is 12.0. The number of nitrogens with zero attached hydrogens (tertiary/aromatic N) is 1. The smallest absolute Gasteiger partial charge is 0.335 e. The van der Waals surface area contributed by atoms with Gasteiger partial charge in [0.05, 0.1) is 10.2 Å². The number of urea groups is 1. The molecule has 0 bridgehead atoms. The average Bonchev–Trinajstić information content (AvgIpc) is 2.78. The molecule has 1 fully saturated rings. The van der Waals surface area contributed by atoms with Gasteiger partial charge in [0, 0.05) is 15.6 Å². The van der Waals surface area contributed by atoms with Crippen LogP contribution in [0, 0.1) is 13.8 Å². The van der Waals surface area contributed by atoms with Crippen LogP contribution >= 0.6 is 39.1 Å². The molecule has 1 saturated heterocycles. The van der Waals surface area contributed by atoms with Gasteiger partial charge in [-0.05, 0) is 77.3 Å². The molecule has 0 atom stereocenters. The summed E-state index contributed by atoms with van der Waals surface area (Å²) in [6, 6.07) is 14.9. The summed E-state index contributed by atoms with van der Waals surface area (Å²) in [4.78, 5) is 39.1. The highest BCUT2D eigenvalue weighted by Crippen LogP contribution is 2.30. The van der Waals surface area contributed by atoms with Crippen LogP contribution in [0.4, 0.5) is 10.5 Å². The zero-order chi connectivity index (χ0) is 25.3. The van der Waals surface area contributed by atoms with E-state index in [1.54, 1.807) is 55.5 Å². The van der Waals surface area contributed by atoms with Crippen molar-refractivity contribution in [3.63, 3.8) is 0 Å². The zero-order valence-electron chi connectivity index (χ0n) is 18.7. The molecule has 0 spiro atoms. The number of benzene rings is 3. The minimum atomic E-state index is -0.783. The second-order valence-corrected chi connectivity index (χ2v) is 9.66. The highest BCUT2D eigenvalue weighted by Gasteiger charge is 2.37. The minimum absolute atomic E-state index is 0.155. The number of anilines is 1. The van der Waals surface area contributed by atoms with E-state index in [1.165, 1.54) is 6.08 Å². The molecule has 0 unspecified atom stereocenters. The second kappa shape index (κ2) is 10.2. The molecule has 0 aliphatic carbocycles. The number of aryl methyl sites for hydroxylation is 2. The highest BCUT2D eigenvalue weighted by atomic mass is 79.9. The predicted octanol–water partition coefficient (Wildman–Crippen LogP) is 6.62. The molecule has 6 nitrogen and oxygen atoms in total. The van der Waals surface area contributed by atoms with Crippen molar-refractivity contribution in [1.82, 2.24) is 5.32 Å². The third kappa shape index (κ3) is 5.42. The Kier molecular flexibility index (Phi) is 7.31. The second-order valence-electron chi connectivity index (χ2n) is 7.96. The molecule has 4 amide bonds. The molecular weight excluding hydrogens is 555 g/mol. The fourth-order valence-corrected chi connectivity index (χ4v) is 4.59. The predicted molar refractivity (Wildman–Crippen MR) is 140 cm³/mol. The van der Waals surface area contributed by atoms with Crippen LogP contribution < -0.4 is 15.0 Å². The number of barbiturate groups is 1. The quantitative estimate of drug-likeness (QED) is 0.275. The van der Waals surface area contributed by atoms with Crippen LogP contribution in [0.25, 0.3) is 6.08 Å². The van der Waals surface area contributed by atoms with Gasteiger partial charge in [-0.15, -0.1) is 0 Å². The summed E-state index contributed by atoms with van der Waals surface area (Å²) in [6.07, 6.45) is 1.44. The fourth-order valence-electron chi connectivity index (χ4n) is 3.62. The lowest BCUT2D eigenvalue weighted by Gasteiger charge is -2.27. The van der Waals surface area contributed by atoms with Crippen molar-refractivity contribution in [1.29, 1.82) is 0 Å². The van der Waals surface area contributed by atoms with Gasteiger partial charge < -0.3 is 4.74 Å². The van der Waals surface area contributed by atoms with Gasteiger partial charge in [-0.1, -0.05) is 53.0 Å². The molecule has 178 valence electrons. The summed E-state index contributed by atoms with van der Waals surface area (Å²) in [6.45, 7) is 3.94. The van der Waals surface area contributed by atoms with Crippen molar-refractivity contribution in [3.05, 3.63) is 96.9 Å². The van der Waals surface area contributed by atoms with Crippen molar-refractivity contribution in [2.75, 3.05) is 4.90 Å². The number of carbonyl (C=O) groups is 3. The third-order valence-electron chi connectivity index (χ3n) is 5.36. The number of carbonyl (C=O) groups excluding carboxylic acids is 3. The number of hydrogen-bond acceptors (Lipinski definition) is 4. The normalized spacial score (nSPS) is 14.9. The van der Waals surface area contributed by atoms with Crippen LogP contribution in [0.3, 0.4) is 0 Å². The van der Waals surface area contributed by atoms with E-state index >= 15 is 0 Å². The lowest BCUT2D eigenvalue weighted by atomic mass is 10.0. The van der Waals surface area contributed by atoms with E-state index in [0.29, 0.717) is 31.5 Å². The van der Waals surface area contributed by atoms with Crippen molar-refractivity contribution in [3.8, 4) is 5.75 Å². The van der Waals surface area contributed by atoms with Gasteiger partial charge in [0.1, 0.15) is 17.9 Å². The van der Waals surface area contributed by atoms with Gasteiger partial charge in [0.25, 0.3) is 11.8 Å². The standard InChI is InChI=1S/C26H19BrCl2N2O4/c1-14-3-7-22(15(2)9-14)31-25(33)19(24(32)30-26(31)34)10-16-4-8-23(20(27)11-16)35-13-17-5-6-18(28)12-21(17)29/h3-12H,13H2,1-2H3,(H,30,32,34)/b19-10+. The van der Waals surface area contributed by atoms with Crippen LogP contribution in [0.1, 0.15) is 22.3 Å². The Morgan fingerprint density at radius 1 is 1.00 bits per heavy atom. The number of rotatable bonds is 5. The van der Waals surface area contributed by atoms with E-state index in [4.69, 9.17) is 27.9 Å². The van der Waals surface area contributed by atoms with Crippen LogP contribution in [-0.2, 0) is 16.2 Å². The summed E-state index contributed by atoms with van der Waals surface area (Å²) in [5.74, 6) is -0.904. The molecular formula is C26H19BrCl2N2O4. The summed E-state index contributed by atoms with van der Waals surface area (Å²) < 4.78 is 6.46. The maximum Gasteiger partial charge on any atom is 0.335 e. The monoisotopic (exact) mass is 572 g/mol. The van der Waals surface area contributed by atoms with E-state index in [9.17, 15) is 14.4 Å². The van der Waals surface area contributed by atoms with Crippen molar-refractivity contribution in [2.45, 2.75) is 20.5 Å². The van der Waals surface area contributed by atoms with Crippen molar-refractivity contribution < 1.29 is 19.1 Å². The zero-order valence-corrected chi connectivity index (χ0v) is 21.8. The molecule has 0 saturated carbocycles. The average molecular weight is 574 g/mol. The summed E-state index contributed by atoms with van der Waals surface area (Å²) >= 11 is 15.6. The maximum atomic E-state index is 13.2. The van der Waals surface area contributed by atoms with Gasteiger partial charge in [-0.2, -0.15) is 0 Å². The lowest BCUT2D eigenvalue weighted by Crippen LogP contribution is -2.54. The molecule has 0 radical (unpaired) electrons. The van der Waals surface area contributed by atoms with Crippen molar-refractivity contribution >= 4 is 68.7 Å². The van der Waals surface area contributed by atoms with E-state index in [-0.39, 0.29) is 12.2 Å². The molecule has 0 aromatic heterocycles. The first-order valence-electron chi connectivity index (χ1n) is 10.5. The molecule has 1 aliphatic rings. The molecule has 1 heterocycles. The minimum Gasteiger partial charge on any atom is -0.488 e. The number of hydrogen-bond donors (Lipinski definition) is 1. The number of amides is 4. The first kappa shape index (κ1) is 25.0. The molecule has 1 N–H and O–H groups in total. The number of imide groups is 2. The third-order valence-corrected chi connectivity index (χ3v) is 6.57. The first-order chi connectivity index (χ1) is 16.6. The van der Waals surface area contributed by atoms with Gasteiger partial charge >= 0.3 is 6.03 Å². The maximum absolute atomic E-state index is 13.2. The largest absolute Gasteiger partial charge is 0.488 e. The molecule has 4 rings (SSSR count). The van der Waals surface area contributed by atoms with E-state index in [0.717, 1.165) is 21.6 Å². The summed E-state index contributed by atoms with van der Waals surface area (Å²) in [5, 5.41) is 3.28. The molecule has 9 heteroatoms. The van der Waals surface area contributed by atoms with Gasteiger partial charge in [-0.3, -0.25) is 14.9 Å². The number of halogens is 3. The number of nitrogens with one attached hydrogen (secondary N) is 1. The van der Waals surface area contributed by atoms with Crippen LogP contribution in [0.5, 0.6) is 5.75 Å². The molecule has 1 aliphatic heterocycles. The molecule has 3 aromatic rings. The van der Waals surface area contributed by atoms with Crippen LogP contribution in [0.15, 0.2) is 64.6 Å². The summed E-state index contributed by atoms with van der Waals surface area (Å²) in [7, 11) is 0. The Labute approximate surface area is 220 Å². The Morgan fingerprint density at radius 3 is 2.46 bits per heavy atom. The fraction of sp³-hybridized carbons (Fsp3) is 0.115. The van der Waals surface area contributed by atoms with Gasteiger partial charge in [0.15, 0.2) is 0 Å². The van der Waals surface area contributed by atoms with Crippen molar-refractivity contribution in [2.24, 2.45) is 0 Å². The Morgan fingerprint density at radius 2 is 1.77 bits per heavy atom. The van der Waals surface area contributed by atoms with E-state index in [1.807, 2.05) is 13.0 Å². The Balaban J connectivity index is 1.58. The van der Waals surface area contributed by atoms with Crippen LogP contribution in [0.2, 0.25) is 10.0 Å². The molecule has 3 aromatic carbocycles. The van der Waals surface area contributed by atoms with E-state index in [2.05, 4.69) is 21.2 Å². The Hall–Kier alpha value is -3.13. The topological polar surface area (TPSA) is 75.7 Å². The summed E-state index contributed by atoms with van der Waals surface area (Å²) in [5.41, 5.74) is 3.35. The Bertz CT molecular complexity index is 1400. The number of ether oxygens (including phenoxy) is 1. The van der Waals surface area contributed by atoms with Gasteiger partial charge in [0.2, 0.25) is 0 Å². The highest BCUT2D eigenvalue weighted by molar-refractivity contribution is 9.10. The molecule has 35 heavy (non-hydrogen) atoms. The lowest BCUT2D eigenvalue weighted by molar-refractivity contribution is -0.122.